The number of fused-ring (bicyclic) bond motifs is 2. The quantitative estimate of drug-likeness (QED) is 0.592. The summed E-state index contributed by atoms with van der Waals surface area (Å²) < 4.78 is 5.45. The number of ether oxygens (including phenoxy) is 1. The van der Waals surface area contributed by atoms with E-state index in [2.05, 4.69) is 11.9 Å². The van der Waals surface area contributed by atoms with Gasteiger partial charge in [-0.3, -0.25) is 0 Å². The average Bonchev–Trinajstić information content (AvgIpc) is 2.27. The van der Waals surface area contributed by atoms with Gasteiger partial charge in [0.1, 0.15) is 0 Å². The van der Waals surface area contributed by atoms with Crippen LogP contribution >= 0.6 is 0 Å². The highest BCUT2D eigenvalue weighted by molar-refractivity contribution is 4.90. The Balaban J connectivity index is 2.02. The van der Waals surface area contributed by atoms with Gasteiger partial charge in [0.25, 0.3) is 0 Å². The van der Waals surface area contributed by atoms with Crippen molar-refractivity contribution in [1.82, 2.24) is 4.90 Å². The molecule has 70 valence electrons. The molecule has 0 aliphatic carbocycles. The van der Waals surface area contributed by atoms with Crippen molar-refractivity contribution in [3.05, 3.63) is 0 Å². The van der Waals surface area contributed by atoms with Crippen LogP contribution in [0.5, 0.6) is 0 Å². The molecule has 2 saturated heterocycles. The molecule has 0 spiro atoms. The number of nitrogens with zero attached hydrogens (tertiary/aromatic N) is 1. The van der Waals surface area contributed by atoms with Crippen LogP contribution in [0.1, 0.15) is 32.1 Å². The summed E-state index contributed by atoms with van der Waals surface area (Å²) in [6, 6.07) is 1.66. The molecule has 2 heteroatoms. The van der Waals surface area contributed by atoms with Crippen LogP contribution in [0.25, 0.3) is 0 Å². The van der Waals surface area contributed by atoms with E-state index in [9.17, 15) is 0 Å². The fourth-order valence-corrected chi connectivity index (χ4v) is 2.74. The summed E-state index contributed by atoms with van der Waals surface area (Å²) in [4.78, 5) is 2.57. The summed E-state index contributed by atoms with van der Waals surface area (Å²) in [6.45, 7) is 0. The number of methoxy groups -OCH3 is 1. The van der Waals surface area contributed by atoms with Gasteiger partial charge < -0.3 is 9.64 Å². The van der Waals surface area contributed by atoms with Gasteiger partial charge in [-0.2, -0.15) is 0 Å². The van der Waals surface area contributed by atoms with Crippen LogP contribution in [0, 0.1) is 0 Å². The Morgan fingerprint density at radius 3 is 2.50 bits per heavy atom. The average molecular weight is 169 g/mol. The highest BCUT2D eigenvalue weighted by Gasteiger charge is 2.35. The summed E-state index contributed by atoms with van der Waals surface area (Å²) in [6.07, 6.45) is 7.19. The molecule has 2 heterocycles. The second-order valence-electron chi connectivity index (χ2n) is 4.22. The molecule has 2 aliphatic heterocycles. The van der Waals surface area contributed by atoms with Crippen LogP contribution in [0.3, 0.4) is 0 Å². The molecule has 3 atom stereocenters. The van der Waals surface area contributed by atoms with Gasteiger partial charge in [0.15, 0.2) is 0 Å². The van der Waals surface area contributed by atoms with E-state index in [0.29, 0.717) is 6.10 Å². The Hall–Kier alpha value is -0.0800. The molecule has 0 N–H and O–H groups in total. The lowest BCUT2D eigenvalue weighted by atomic mass is 9.99. The lowest BCUT2D eigenvalue weighted by Crippen LogP contribution is -2.30. The van der Waals surface area contributed by atoms with Gasteiger partial charge in [-0.15, -0.1) is 0 Å². The zero-order valence-corrected chi connectivity index (χ0v) is 8.12. The van der Waals surface area contributed by atoms with E-state index in [-0.39, 0.29) is 0 Å². The third kappa shape index (κ3) is 1.38. The van der Waals surface area contributed by atoms with Crippen molar-refractivity contribution in [3.8, 4) is 0 Å². The standard InChI is InChI=1S/C10H19NO/c1-11-8-3-4-9(11)7-10(12-2)6-5-8/h8-10H,3-7H2,1-2H3. The summed E-state index contributed by atoms with van der Waals surface area (Å²) in [5.74, 6) is 0. The summed E-state index contributed by atoms with van der Waals surface area (Å²) in [5, 5.41) is 0. The number of rotatable bonds is 1. The van der Waals surface area contributed by atoms with Gasteiger partial charge in [-0.25, -0.2) is 0 Å². The molecular formula is C10H19NO. The Morgan fingerprint density at radius 2 is 1.75 bits per heavy atom. The second-order valence-corrected chi connectivity index (χ2v) is 4.22. The maximum atomic E-state index is 5.45. The summed E-state index contributed by atoms with van der Waals surface area (Å²) in [5.41, 5.74) is 0. The van der Waals surface area contributed by atoms with Crippen LogP contribution in [0.2, 0.25) is 0 Å². The van der Waals surface area contributed by atoms with Gasteiger partial charge >= 0.3 is 0 Å². The molecule has 12 heavy (non-hydrogen) atoms. The van der Waals surface area contributed by atoms with Crippen LogP contribution in [0.4, 0.5) is 0 Å². The van der Waals surface area contributed by atoms with Crippen molar-refractivity contribution in [3.63, 3.8) is 0 Å². The first-order valence-electron chi connectivity index (χ1n) is 5.06. The molecule has 2 aliphatic rings. The van der Waals surface area contributed by atoms with Crippen LogP contribution in [0.15, 0.2) is 0 Å². The first-order chi connectivity index (χ1) is 5.81. The van der Waals surface area contributed by atoms with Crippen molar-refractivity contribution < 1.29 is 4.74 Å². The maximum Gasteiger partial charge on any atom is 0.0586 e. The summed E-state index contributed by atoms with van der Waals surface area (Å²) in [7, 11) is 4.13. The minimum absolute atomic E-state index is 0.530. The third-order valence-corrected chi connectivity index (χ3v) is 3.68. The molecule has 2 bridgehead atoms. The molecule has 2 fully saturated rings. The van der Waals surface area contributed by atoms with E-state index in [1.807, 2.05) is 7.11 Å². The second kappa shape index (κ2) is 3.35. The first-order valence-corrected chi connectivity index (χ1v) is 5.06. The topological polar surface area (TPSA) is 12.5 Å². The molecule has 2 rings (SSSR count). The van der Waals surface area contributed by atoms with Gasteiger partial charge in [0, 0.05) is 19.2 Å². The predicted molar refractivity (Wildman–Crippen MR) is 49.2 cm³/mol. The first kappa shape index (κ1) is 8.52. The van der Waals surface area contributed by atoms with Gasteiger partial charge in [-0.1, -0.05) is 0 Å². The highest BCUT2D eigenvalue weighted by Crippen LogP contribution is 2.33. The predicted octanol–water partition coefficient (Wildman–Crippen LogP) is 1.65. The largest absolute Gasteiger partial charge is 0.381 e. The smallest absolute Gasteiger partial charge is 0.0586 e. The Bertz CT molecular complexity index is 160. The molecule has 0 aromatic heterocycles. The molecule has 0 saturated carbocycles. The number of hydrogen-bond donors (Lipinski definition) is 0. The van der Waals surface area contributed by atoms with Crippen molar-refractivity contribution in [2.45, 2.75) is 50.3 Å². The van der Waals surface area contributed by atoms with Gasteiger partial charge in [0.2, 0.25) is 0 Å². The third-order valence-electron chi connectivity index (χ3n) is 3.68. The van der Waals surface area contributed by atoms with Gasteiger partial charge in [0.05, 0.1) is 6.10 Å². The monoisotopic (exact) mass is 169 g/mol. The van der Waals surface area contributed by atoms with Crippen molar-refractivity contribution >= 4 is 0 Å². The molecule has 0 aromatic rings. The minimum atomic E-state index is 0.530. The van der Waals surface area contributed by atoms with Crippen molar-refractivity contribution in [1.29, 1.82) is 0 Å². The molecular weight excluding hydrogens is 150 g/mol. The lowest BCUT2D eigenvalue weighted by Gasteiger charge is -2.22. The fourth-order valence-electron chi connectivity index (χ4n) is 2.74. The van der Waals surface area contributed by atoms with E-state index >= 15 is 0 Å². The molecule has 3 unspecified atom stereocenters. The molecule has 0 aromatic carbocycles. The van der Waals surface area contributed by atoms with Crippen LogP contribution < -0.4 is 0 Å². The Kier molecular flexibility index (Phi) is 2.37. The zero-order chi connectivity index (χ0) is 8.55. The Morgan fingerprint density at radius 1 is 1.08 bits per heavy atom. The summed E-state index contributed by atoms with van der Waals surface area (Å²) >= 11 is 0. The highest BCUT2D eigenvalue weighted by atomic mass is 16.5. The van der Waals surface area contributed by atoms with E-state index in [0.717, 1.165) is 12.1 Å². The SMILES string of the molecule is COC1CCC2CCC(C1)N2C. The zero-order valence-electron chi connectivity index (χ0n) is 8.12. The van der Waals surface area contributed by atoms with Gasteiger partial charge in [-0.05, 0) is 39.2 Å². The fraction of sp³-hybridized carbons (Fsp3) is 1.00. The van der Waals surface area contributed by atoms with E-state index in [1.54, 1.807) is 0 Å². The van der Waals surface area contributed by atoms with Crippen molar-refractivity contribution in [2.75, 3.05) is 14.2 Å². The number of hydrogen-bond acceptors (Lipinski definition) is 2. The van der Waals surface area contributed by atoms with Crippen LogP contribution in [-0.2, 0) is 4.74 Å². The van der Waals surface area contributed by atoms with E-state index < -0.39 is 0 Å². The van der Waals surface area contributed by atoms with Crippen LogP contribution in [-0.4, -0.2) is 37.2 Å². The molecule has 0 amide bonds. The lowest BCUT2D eigenvalue weighted by molar-refractivity contribution is 0.0785. The van der Waals surface area contributed by atoms with Crippen molar-refractivity contribution in [2.24, 2.45) is 0 Å². The van der Waals surface area contributed by atoms with E-state index in [4.69, 9.17) is 4.74 Å². The minimum Gasteiger partial charge on any atom is -0.381 e. The maximum absolute atomic E-state index is 5.45. The molecule has 2 nitrogen and oxygen atoms in total. The normalized spacial score (nSPS) is 43.0. The molecule has 0 radical (unpaired) electrons. The Labute approximate surface area is 74.9 Å². The van der Waals surface area contributed by atoms with E-state index in [1.165, 1.54) is 32.1 Å².